The number of aryl methyl sites for hydroxylation is 1. The molecule has 0 saturated carbocycles. The van der Waals surface area contributed by atoms with Crippen molar-refractivity contribution in [1.29, 1.82) is 0 Å². The molecule has 2 aromatic heterocycles. The molecular formula is C19H24ClN3O. The van der Waals surface area contributed by atoms with E-state index in [0.717, 1.165) is 24.4 Å². The summed E-state index contributed by atoms with van der Waals surface area (Å²) in [6.07, 6.45) is 1.88. The highest BCUT2D eigenvalue weighted by Crippen LogP contribution is 2.29. The molecule has 24 heavy (non-hydrogen) atoms. The zero-order chi connectivity index (χ0) is 16.2. The summed E-state index contributed by atoms with van der Waals surface area (Å²) < 4.78 is 7.57. The fraction of sp³-hybridized carbons (Fsp3) is 0.316. The van der Waals surface area contributed by atoms with Gasteiger partial charge in [-0.15, -0.1) is 12.4 Å². The average molecular weight is 346 g/mol. The third kappa shape index (κ3) is 3.55. The van der Waals surface area contributed by atoms with Gasteiger partial charge < -0.3 is 14.6 Å². The first-order chi connectivity index (χ1) is 11.2. The molecule has 0 fully saturated rings. The van der Waals surface area contributed by atoms with Crippen LogP contribution in [0.1, 0.15) is 16.8 Å². The minimum Gasteiger partial charge on any atom is -0.383 e. The Hall–Kier alpha value is -2.04. The summed E-state index contributed by atoms with van der Waals surface area (Å²) in [4.78, 5) is 4.57. The van der Waals surface area contributed by atoms with E-state index >= 15 is 0 Å². The SMILES string of the molecule is COCCn1c(C)c(C)c2ccnc(NCc3ccccc3)c21.Cl. The van der Waals surface area contributed by atoms with Crippen LogP contribution < -0.4 is 5.32 Å². The van der Waals surface area contributed by atoms with Crippen LogP contribution in [0.4, 0.5) is 5.82 Å². The standard InChI is InChI=1S/C19H23N3O.ClH/c1-14-15(2)22(11-12-23-3)18-17(14)9-10-20-19(18)21-13-16-7-5-4-6-8-16;/h4-10H,11-13H2,1-3H3,(H,20,21);1H. The molecule has 0 unspecified atom stereocenters. The summed E-state index contributed by atoms with van der Waals surface area (Å²) in [6.45, 7) is 6.61. The van der Waals surface area contributed by atoms with Gasteiger partial charge in [-0.1, -0.05) is 30.3 Å². The van der Waals surface area contributed by atoms with Crippen LogP contribution in [0.15, 0.2) is 42.6 Å². The van der Waals surface area contributed by atoms with Crippen molar-refractivity contribution in [3.05, 3.63) is 59.4 Å². The predicted octanol–water partition coefficient (Wildman–Crippen LogP) is 4.33. The summed E-state index contributed by atoms with van der Waals surface area (Å²) in [5.74, 6) is 0.929. The van der Waals surface area contributed by atoms with E-state index in [4.69, 9.17) is 4.74 Å². The van der Waals surface area contributed by atoms with Crippen LogP contribution >= 0.6 is 12.4 Å². The highest BCUT2D eigenvalue weighted by molar-refractivity contribution is 5.93. The number of ether oxygens (including phenoxy) is 1. The van der Waals surface area contributed by atoms with E-state index in [9.17, 15) is 0 Å². The number of rotatable bonds is 6. The Morgan fingerprint density at radius 1 is 1.12 bits per heavy atom. The number of hydrogen-bond acceptors (Lipinski definition) is 3. The van der Waals surface area contributed by atoms with Crippen molar-refractivity contribution in [3.8, 4) is 0 Å². The smallest absolute Gasteiger partial charge is 0.150 e. The third-order valence-corrected chi connectivity index (χ3v) is 4.37. The van der Waals surface area contributed by atoms with Crippen LogP contribution in [0.5, 0.6) is 0 Å². The van der Waals surface area contributed by atoms with Gasteiger partial charge in [0.2, 0.25) is 0 Å². The summed E-state index contributed by atoms with van der Waals surface area (Å²) in [7, 11) is 1.74. The number of aromatic nitrogens is 2. The number of benzene rings is 1. The first-order valence-corrected chi connectivity index (χ1v) is 7.93. The van der Waals surface area contributed by atoms with Crippen molar-refractivity contribution < 1.29 is 4.74 Å². The lowest BCUT2D eigenvalue weighted by atomic mass is 10.2. The molecule has 0 amide bonds. The fourth-order valence-electron chi connectivity index (χ4n) is 2.97. The number of methoxy groups -OCH3 is 1. The molecule has 0 aliphatic heterocycles. The molecule has 3 aromatic rings. The van der Waals surface area contributed by atoms with E-state index in [2.05, 4.69) is 59.0 Å². The minimum atomic E-state index is 0. The number of anilines is 1. The predicted molar refractivity (Wildman–Crippen MR) is 102 cm³/mol. The molecule has 4 nitrogen and oxygen atoms in total. The lowest BCUT2D eigenvalue weighted by Crippen LogP contribution is -2.09. The highest BCUT2D eigenvalue weighted by atomic mass is 35.5. The Morgan fingerprint density at radius 3 is 2.58 bits per heavy atom. The highest BCUT2D eigenvalue weighted by Gasteiger charge is 2.14. The van der Waals surface area contributed by atoms with Crippen LogP contribution in [0, 0.1) is 13.8 Å². The van der Waals surface area contributed by atoms with E-state index in [1.165, 1.54) is 22.2 Å². The zero-order valence-electron chi connectivity index (χ0n) is 14.4. The number of nitrogens with one attached hydrogen (secondary N) is 1. The lowest BCUT2D eigenvalue weighted by molar-refractivity contribution is 0.188. The first-order valence-electron chi connectivity index (χ1n) is 7.93. The third-order valence-electron chi connectivity index (χ3n) is 4.37. The number of fused-ring (bicyclic) bond motifs is 1. The number of pyridine rings is 1. The maximum atomic E-state index is 5.27. The van der Waals surface area contributed by atoms with Gasteiger partial charge in [-0.3, -0.25) is 0 Å². The second-order valence-electron chi connectivity index (χ2n) is 5.75. The molecule has 0 bridgehead atoms. The molecule has 0 radical (unpaired) electrons. The topological polar surface area (TPSA) is 39.1 Å². The Bertz CT molecular complexity index is 799. The van der Waals surface area contributed by atoms with Crippen molar-refractivity contribution in [2.24, 2.45) is 0 Å². The van der Waals surface area contributed by atoms with Crippen LogP contribution in [-0.4, -0.2) is 23.3 Å². The molecule has 0 aliphatic rings. The quantitative estimate of drug-likeness (QED) is 0.722. The van der Waals surface area contributed by atoms with E-state index in [1.54, 1.807) is 7.11 Å². The molecule has 1 aromatic carbocycles. The van der Waals surface area contributed by atoms with Crippen molar-refractivity contribution in [2.45, 2.75) is 26.9 Å². The van der Waals surface area contributed by atoms with Crippen LogP contribution in [0.2, 0.25) is 0 Å². The summed E-state index contributed by atoms with van der Waals surface area (Å²) in [6, 6.07) is 12.5. The van der Waals surface area contributed by atoms with Crippen LogP contribution in [0.3, 0.4) is 0 Å². The molecule has 5 heteroatoms. The maximum Gasteiger partial charge on any atom is 0.150 e. The monoisotopic (exact) mass is 345 g/mol. The minimum absolute atomic E-state index is 0. The van der Waals surface area contributed by atoms with E-state index in [0.29, 0.717) is 6.61 Å². The molecule has 1 N–H and O–H groups in total. The molecule has 0 aliphatic carbocycles. The molecular weight excluding hydrogens is 322 g/mol. The van der Waals surface area contributed by atoms with Crippen molar-refractivity contribution in [1.82, 2.24) is 9.55 Å². The van der Waals surface area contributed by atoms with Gasteiger partial charge in [0.25, 0.3) is 0 Å². The molecule has 0 atom stereocenters. The molecule has 2 heterocycles. The number of halogens is 1. The van der Waals surface area contributed by atoms with Crippen molar-refractivity contribution >= 4 is 29.1 Å². The van der Waals surface area contributed by atoms with Crippen LogP contribution in [0.25, 0.3) is 10.9 Å². The van der Waals surface area contributed by atoms with E-state index in [-0.39, 0.29) is 12.4 Å². The molecule has 0 saturated heterocycles. The Labute approximate surface area is 149 Å². The van der Waals surface area contributed by atoms with Gasteiger partial charge in [0.1, 0.15) is 0 Å². The fourth-order valence-corrected chi connectivity index (χ4v) is 2.97. The van der Waals surface area contributed by atoms with Gasteiger partial charge in [0.15, 0.2) is 5.82 Å². The summed E-state index contributed by atoms with van der Waals surface area (Å²) in [5.41, 5.74) is 4.99. The Kier molecular flexibility index (Phi) is 6.23. The average Bonchev–Trinajstić information content (AvgIpc) is 2.84. The van der Waals surface area contributed by atoms with Gasteiger partial charge in [0, 0.05) is 37.5 Å². The van der Waals surface area contributed by atoms with Crippen molar-refractivity contribution in [2.75, 3.05) is 19.0 Å². The molecule has 0 spiro atoms. The summed E-state index contributed by atoms with van der Waals surface area (Å²) >= 11 is 0. The largest absolute Gasteiger partial charge is 0.383 e. The van der Waals surface area contributed by atoms with Gasteiger partial charge >= 0.3 is 0 Å². The number of nitrogens with zero attached hydrogens (tertiary/aromatic N) is 2. The van der Waals surface area contributed by atoms with Crippen molar-refractivity contribution in [3.63, 3.8) is 0 Å². The van der Waals surface area contributed by atoms with Gasteiger partial charge in [-0.25, -0.2) is 4.98 Å². The Morgan fingerprint density at radius 2 is 1.88 bits per heavy atom. The zero-order valence-corrected chi connectivity index (χ0v) is 15.2. The molecule has 128 valence electrons. The second-order valence-corrected chi connectivity index (χ2v) is 5.75. The van der Waals surface area contributed by atoms with E-state index < -0.39 is 0 Å². The van der Waals surface area contributed by atoms with Gasteiger partial charge in [0.05, 0.1) is 12.1 Å². The van der Waals surface area contributed by atoms with Crippen LogP contribution in [-0.2, 0) is 17.8 Å². The number of hydrogen-bond donors (Lipinski definition) is 1. The van der Waals surface area contributed by atoms with Gasteiger partial charge in [-0.05, 0) is 31.0 Å². The first kappa shape index (κ1) is 18.3. The normalized spacial score (nSPS) is 10.6. The lowest BCUT2D eigenvalue weighted by Gasteiger charge is -2.12. The summed E-state index contributed by atoms with van der Waals surface area (Å²) in [5, 5.41) is 4.74. The maximum absolute atomic E-state index is 5.27. The molecule has 3 rings (SSSR count). The Balaban J connectivity index is 0.00000208. The second kappa shape index (κ2) is 8.18. The van der Waals surface area contributed by atoms with Gasteiger partial charge in [-0.2, -0.15) is 0 Å². The van der Waals surface area contributed by atoms with E-state index in [1.807, 2.05) is 12.3 Å².